The first kappa shape index (κ1) is 12.7. The molecule has 0 aliphatic rings. The number of carbonyl (C=O) groups is 1. The van der Waals surface area contributed by atoms with Gasteiger partial charge in [-0.15, -0.1) is 0 Å². The Bertz CT molecular complexity index is 164. The van der Waals surface area contributed by atoms with Crippen LogP contribution in [-0.4, -0.2) is 34.2 Å². The van der Waals surface area contributed by atoms with Crippen LogP contribution in [0, 0.1) is 0 Å². The molecule has 5 heteroatoms. The first-order chi connectivity index (χ1) is 5.95. The van der Waals surface area contributed by atoms with Gasteiger partial charge < -0.3 is 16.6 Å². The minimum atomic E-state index is -0.561. The highest BCUT2D eigenvalue weighted by molar-refractivity contribution is 7.99. The molecule has 0 heterocycles. The normalized spacial score (nSPS) is 17.8. The lowest BCUT2D eigenvalue weighted by atomic mass is 10.2. The van der Waals surface area contributed by atoms with Crippen LogP contribution in [0.1, 0.15) is 20.3 Å². The number of hydrogen-bond donors (Lipinski definition) is 3. The fourth-order valence-corrected chi connectivity index (χ4v) is 1.70. The highest BCUT2D eigenvalue weighted by Crippen LogP contribution is 2.15. The van der Waals surface area contributed by atoms with Crippen LogP contribution in [0.3, 0.4) is 0 Å². The minimum absolute atomic E-state index is 0.167. The first-order valence-electron chi connectivity index (χ1n) is 4.29. The number of aliphatic hydroxyl groups is 1. The molecule has 0 aromatic rings. The van der Waals surface area contributed by atoms with E-state index in [2.05, 4.69) is 0 Å². The third-order valence-corrected chi connectivity index (χ3v) is 3.25. The maximum atomic E-state index is 10.5. The Morgan fingerprint density at radius 2 is 2.08 bits per heavy atom. The van der Waals surface area contributed by atoms with Gasteiger partial charge >= 0.3 is 0 Å². The molecule has 3 atom stereocenters. The summed E-state index contributed by atoms with van der Waals surface area (Å²) in [4.78, 5) is 10.5. The van der Waals surface area contributed by atoms with E-state index in [0.29, 0.717) is 6.42 Å². The van der Waals surface area contributed by atoms with Crippen molar-refractivity contribution >= 4 is 17.7 Å². The second-order valence-electron chi connectivity index (χ2n) is 3.11. The van der Waals surface area contributed by atoms with E-state index in [9.17, 15) is 4.79 Å². The van der Waals surface area contributed by atoms with Crippen molar-refractivity contribution in [2.45, 2.75) is 37.7 Å². The Kier molecular flexibility index (Phi) is 6.11. The van der Waals surface area contributed by atoms with Crippen molar-refractivity contribution in [1.29, 1.82) is 0 Å². The molecule has 78 valence electrons. The summed E-state index contributed by atoms with van der Waals surface area (Å²) in [7, 11) is 0. The molecule has 0 saturated carbocycles. The summed E-state index contributed by atoms with van der Waals surface area (Å²) in [6.45, 7) is 3.68. The molecule has 3 unspecified atom stereocenters. The molecule has 0 aliphatic heterocycles. The van der Waals surface area contributed by atoms with Gasteiger partial charge in [-0.2, -0.15) is 11.8 Å². The zero-order valence-electron chi connectivity index (χ0n) is 8.06. The van der Waals surface area contributed by atoms with Gasteiger partial charge in [-0.3, -0.25) is 4.79 Å². The third kappa shape index (κ3) is 5.90. The second kappa shape index (κ2) is 6.23. The van der Waals surface area contributed by atoms with Crippen molar-refractivity contribution in [3.8, 4) is 0 Å². The molecule has 4 nitrogen and oxygen atoms in total. The molecule has 0 aromatic carbocycles. The number of carbonyl (C=O) groups excluding carboxylic acids is 1. The Balaban J connectivity index is 3.50. The maximum absolute atomic E-state index is 10.5. The van der Waals surface area contributed by atoms with E-state index in [1.165, 1.54) is 0 Å². The van der Waals surface area contributed by atoms with Crippen LogP contribution in [0.4, 0.5) is 0 Å². The van der Waals surface area contributed by atoms with Crippen molar-refractivity contribution < 1.29 is 9.90 Å². The van der Waals surface area contributed by atoms with Crippen LogP contribution in [0.15, 0.2) is 0 Å². The van der Waals surface area contributed by atoms with Gasteiger partial charge in [0.05, 0.1) is 12.1 Å². The van der Waals surface area contributed by atoms with Gasteiger partial charge in [0.15, 0.2) is 0 Å². The van der Waals surface area contributed by atoms with Crippen LogP contribution < -0.4 is 11.5 Å². The number of rotatable bonds is 6. The van der Waals surface area contributed by atoms with Crippen molar-refractivity contribution in [1.82, 2.24) is 0 Å². The predicted molar refractivity (Wildman–Crippen MR) is 55.4 cm³/mol. The van der Waals surface area contributed by atoms with E-state index >= 15 is 0 Å². The highest BCUT2D eigenvalue weighted by Gasteiger charge is 2.12. The number of nitrogens with two attached hydrogens (primary N) is 2. The maximum Gasteiger partial charge on any atom is 0.234 e. The number of amides is 1. The summed E-state index contributed by atoms with van der Waals surface area (Å²) >= 11 is 1.59. The standard InChI is InChI=1S/C8H18N2O2S/c1-5(11)6(2)13-4-3-7(9)8(10)12/h5-7,11H,3-4,9H2,1-2H3,(H2,10,12). The minimum Gasteiger partial charge on any atom is -0.392 e. The largest absolute Gasteiger partial charge is 0.392 e. The van der Waals surface area contributed by atoms with E-state index in [1.54, 1.807) is 18.7 Å². The number of hydrogen-bond acceptors (Lipinski definition) is 4. The van der Waals surface area contributed by atoms with Crippen LogP contribution in [-0.2, 0) is 4.79 Å². The predicted octanol–water partition coefficient (Wildman–Crippen LogP) is -0.308. The molecule has 13 heavy (non-hydrogen) atoms. The van der Waals surface area contributed by atoms with E-state index in [1.807, 2.05) is 6.92 Å². The molecule has 0 rings (SSSR count). The lowest BCUT2D eigenvalue weighted by Gasteiger charge is -2.14. The lowest BCUT2D eigenvalue weighted by molar-refractivity contribution is -0.119. The fraction of sp³-hybridized carbons (Fsp3) is 0.875. The van der Waals surface area contributed by atoms with Gasteiger partial charge in [0.2, 0.25) is 5.91 Å². The first-order valence-corrected chi connectivity index (χ1v) is 5.34. The molecule has 0 aliphatic carbocycles. The summed E-state index contributed by atoms with van der Waals surface area (Å²) < 4.78 is 0. The van der Waals surface area contributed by atoms with Gasteiger partial charge in [0.25, 0.3) is 0 Å². The van der Waals surface area contributed by atoms with Crippen molar-refractivity contribution in [3.63, 3.8) is 0 Å². The Morgan fingerprint density at radius 1 is 1.54 bits per heavy atom. The van der Waals surface area contributed by atoms with Gasteiger partial charge in [0, 0.05) is 5.25 Å². The average Bonchev–Trinajstić information content (AvgIpc) is 2.03. The summed E-state index contributed by atoms with van der Waals surface area (Å²) in [6, 6.07) is -0.561. The number of thioether (sulfide) groups is 1. The molecule has 5 N–H and O–H groups in total. The third-order valence-electron chi connectivity index (χ3n) is 1.85. The van der Waals surface area contributed by atoms with Crippen molar-refractivity contribution in [3.05, 3.63) is 0 Å². The van der Waals surface area contributed by atoms with E-state index in [4.69, 9.17) is 16.6 Å². The monoisotopic (exact) mass is 206 g/mol. The van der Waals surface area contributed by atoms with E-state index in [0.717, 1.165) is 5.75 Å². The van der Waals surface area contributed by atoms with Crippen molar-refractivity contribution in [2.24, 2.45) is 11.5 Å². The quantitative estimate of drug-likeness (QED) is 0.556. The smallest absolute Gasteiger partial charge is 0.234 e. The van der Waals surface area contributed by atoms with Crippen LogP contribution >= 0.6 is 11.8 Å². The van der Waals surface area contributed by atoms with Gasteiger partial charge in [0.1, 0.15) is 0 Å². The van der Waals surface area contributed by atoms with E-state index < -0.39 is 11.9 Å². The van der Waals surface area contributed by atoms with E-state index in [-0.39, 0.29) is 11.4 Å². The van der Waals surface area contributed by atoms with Gasteiger partial charge in [-0.05, 0) is 19.1 Å². The molecule has 0 saturated heterocycles. The average molecular weight is 206 g/mol. The zero-order chi connectivity index (χ0) is 10.4. The summed E-state index contributed by atoms with van der Waals surface area (Å²) in [5.41, 5.74) is 10.4. The number of primary amides is 1. The topological polar surface area (TPSA) is 89.3 Å². The van der Waals surface area contributed by atoms with Crippen LogP contribution in [0.2, 0.25) is 0 Å². The van der Waals surface area contributed by atoms with Gasteiger partial charge in [-0.25, -0.2) is 0 Å². The molecule has 0 bridgehead atoms. The van der Waals surface area contributed by atoms with Gasteiger partial charge in [-0.1, -0.05) is 6.92 Å². The molecule has 0 fully saturated rings. The SMILES string of the molecule is CC(O)C(C)SCCC(N)C(N)=O. The Hall–Kier alpha value is -0.260. The lowest BCUT2D eigenvalue weighted by Crippen LogP contribution is -2.36. The Labute approximate surface area is 83.1 Å². The number of aliphatic hydroxyl groups excluding tert-OH is 1. The second-order valence-corrected chi connectivity index (χ2v) is 4.60. The summed E-state index contributed by atoms with van der Waals surface area (Å²) in [6.07, 6.45) is 0.228. The van der Waals surface area contributed by atoms with Crippen LogP contribution in [0.5, 0.6) is 0 Å². The zero-order valence-corrected chi connectivity index (χ0v) is 8.88. The molecular formula is C8H18N2O2S. The van der Waals surface area contributed by atoms with Crippen molar-refractivity contribution in [2.75, 3.05) is 5.75 Å². The molecule has 0 aromatic heterocycles. The molecule has 1 amide bonds. The fourth-order valence-electron chi connectivity index (χ4n) is 0.662. The molecular weight excluding hydrogens is 188 g/mol. The highest BCUT2D eigenvalue weighted by atomic mass is 32.2. The Morgan fingerprint density at radius 3 is 2.46 bits per heavy atom. The summed E-state index contributed by atoms with van der Waals surface area (Å²) in [5, 5.41) is 9.32. The molecule has 0 radical (unpaired) electrons. The van der Waals surface area contributed by atoms with Crippen LogP contribution in [0.25, 0.3) is 0 Å². The summed E-state index contributed by atoms with van der Waals surface area (Å²) in [5.74, 6) is 0.279. The molecule has 0 spiro atoms.